The Kier molecular flexibility index (Phi) is 2.26. The molecule has 0 spiro atoms. The van der Waals surface area contributed by atoms with E-state index in [0.717, 1.165) is 5.69 Å². The summed E-state index contributed by atoms with van der Waals surface area (Å²) < 4.78 is 25.8. The maximum absolute atomic E-state index is 12.9. The van der Waals surface area contributed by atoms with Gasteiger partial charge in [-0.2, -0.15) is 0 Å². The summed E-state index contributed by atoms with van der Waals surface area (Å²) in [6, 6.07) is 5.48. The van der Waals surface area contributed by atoms with Gasteiger partial charge in [-0.15, -0.1) is 0 Å². The molecule has 1 aromatic rings. The molecular weight excluding hydrogens is 198 g/mol. The van der Waals surface area contributed by atoms with Gasteiger partial charge in [0.05, 0.1) is 0 Å². The van der Waals surface area contributed by atoms with Crippen LogP contribution in [0.3, 0.4) is 0 Å². The minimum absolute atomic E-state index is 0.174. The number of nitrogens with two attached hydrogens (primary N) is 1. The molecule has 2 N–H and O–H groups in total. The lowest BCUT2D eigenvalue weighted by Gasteiger charge is -2.46. The SMILES string of the molecule is Cc1cccc(C2(CN)CC(F)(F)C2)n1. The Morgan fingerprint density at radius 2 is 2.07 bits per heavy atom. The number of pyridine rings is 1. The molecule has 82 valence electrons. The second-order valence-electron chi connectivity index (χ2n) is 4.36. The molecule has 4 heteroatoms. The monoisotopic (exact) mass is 212 g/mol. The molecule has 1 saturated carbocycles. The molecule has 1 heterocycles. The molecule has 0 saturated heterocycles. The van der Waals surface area contributed by atoms with Gasteiger partial charge in [-0.3, -0.25) is 4.98 Å². The Hall–Kier alpha value is -1.03. The fraction of sp³-hybridized carbons (Fsp3) is 0.545. The van der Waals surface area contributed by atoms with Crippen LogP contribution in [0.5, 0.6) is 0 Å². The topological polar surface area (TPSA) is 38.9 Å². The Bertz CT molecular complexity index is 369. The van der Waals surface area contributed by atoms with Crippen LogP contribution < -0.4 is 5.73 Å². The third-order valence-corrected chi connectivity index (χ3v) is 3.02. The average Bonchev–Trinajstić information content (AvgIpc) is 2.13. The first kappa shape index (κ1) is 10.5. The summed E-state index contributed by atoms with van der Waals surface area (Å²) >= 11 is 0. The first-order chi connectivity index (χ1) is 6.97. The summed E-state index contributed by atoms with van der Waals surface area (Å²) in [6.07, 6.45) is -0.347. The van der Waals surface area contributed by atoms with E-state index in [1.807, 2.05) is 19.1 Å². The zero-order chi connectivity index (χ0) is 11.1. The van der Waals surface area contributed by atoms with E-state index in [-0.39, 0.29) is 19.4 Å². The lowest BCUT2D eigenvalue weighted by atomic mass is 9.64. The Morgan fingerprint density at radius 1 is 1.40 bits per heavy atom. The van der Waals surface area contributed by atoms with E-state index in [2.05, 4.69) is 4.98 Å². The molecule has 0 amide bonds. The van der Waals surface area contributed by atoms with Crippen LogP contribution in [0.2, 0.25) is 0 Å². The van der Waals surface area contributed by atoms with Crippen molar-refractivity contribution in [1.82, 2.24) is 4.98 Å². The molecule has 0 bridgehead atoms. The molecule has 1 fully saturated rings. The second kappa shape index (κ2) is 3.23. The first-order valence-electron chi connectivity index (χ1n) is 5.00. The van der Waals surface area contributed by atoms with Crippen LogP contribution in [0.25, 0.3) is 0 Å². The highest BCUT2D eigenvalue weighted by Crippen LogP contribution is 2.52. The van der Waals surface area contributed by atoms with Crippen LogP contribution in [-0.2, 0) is 5.41 Å². The number of alkyl halides is 2. The van der Waals surface area contributed by atoms with Crippen LogP contribution in [0.4, 0.5) is 8.78 Å². The van der Waals surface area contributed by atoms with Crippen molar-refractivity contribution in [3.8, 4) is 0 Å². The van der Waals surface area contributed by atoms with Crippen molar-refractivity contribution in [3.63, 3.8) is 0 Å². The summed E-state index contributed by atoms with van der Waals surface area (Å²) in [4.78, 5) is 4.29. The van der Waals surface area contributed by atoms with Crippen molar-refractivity contribution in [2.75, 3.05) is 6.54 Å². The largest absolute Gasteiger partial charge is 0.330 e. The molecule has 0 aliphatic heterocycles. The number of aryl methyl sites for hydroxylation is 1. The highest BCUT2D eigenvalue weighted by atomic mass is 19.3. The number of halogens is 2. The van der Waals surface area contributed by atoms with Crippen LogP contribution in [0.15, 0.2) is 18.2 Å². The highest BCUT2D eigenvalue weighted by Gasteiger charge is 2.57. The maximum atomic E-state index is 12.9. The quantitative estimate of drug-likeness (QED) is 0.814. The van der Waals surface area contributed by atoms with Crippen LogP contribution in [-0.4, -0.2) is 17.5 Å². The molecule has 1 aliphatic carbocycles. The average molecular weight is 212 g/mol. The van der Waals surface area contributed by atoms with Gasteiger partial charge in [0.2, 0.25) is 5.92 Å². The molecule has 0 aromatic carbocycles. The number of rotatable bonds is 2. The first-order valence-corrected chi connectivity index (χ1v) is 5.00. The van der Waals surface area contributed by atoms with Crippen molar-refractivity contribution in [2.45, 2.75) is 31.1 Å². The van der Waals surface area contributed by atoms with E-state index >= 15 is 0 Å². The second-order valence-corrected chi connectivity index (χ2v) is 4.36. The number of hydrogen-bond acceptors (Lipinski definition) is 2. The predicted molar refractivity (Wildman–Crippen MR) is 53.9 cm³/mol. The third-order valence-electron chi connectivity index (χ3n) is 3.02. The number of nitrogens with zero attached hydrogens (tertiary/aromatic N) is 1. The fourth-order valence-electron chi connectivity index (χ4n) is 2.21. The molecule has 2 nitrogen and oxygen atoms in total. The molecule has 15 heavy (non-hydrogen) atoms. The zero-order valence-electron chi connectivity index (χ0n) is 8.63. The zero-order valence-corrected chi connectivity index (χ0v) is 8.63. The lowest BCUT2D eigenvalue weighted by molar-refractivity contribution is -0.125. The van der Waals surface area contributed by atoms with Gasteiger partial charge in [-0.25, -0.2) is 8.78 Å². The highest BCUT2D eigenvalue weighted by molar-refractivity contribution is 5.26. The van der Waals surface area contributed by atoms with Crippen molar-refractivity contribution >= 4 is 0 Å². The van der Waals surface area contributed by atoms with E-state index in [0.29, 0.717) is 5.69 Å². The van der Waals surface area contributed by atoms with E-state index in [4.69, 9.17) is 5.73 Å². The Labute approximate surface area is 87.5 Å². The fourth-order valence-corrected chi connectivity index (χ4v) is 2.21. The van der Waals surface area contributed by atoms with Crippen molar-refractivity contribution < 1.29 is 8.78 Å². The molecule has 1 aromatic heterocycles. The minimum Gasteiger partial charge on any atom is -0.330 e. The smallest absolute Gasteiger partial charge is 0.250 e. The Balaban J connectivity index is 2.29. The van der Waals surface area contributed by atoms with Gasteiger partial charge in [0.1, 0.15) is 0 Å². The van der Waals surface area contributed by atoms with Crippen molar-refractivity contribution in [2.24, 2.45) is 5.73 Å². The predicted octanol–water partition coefficient (Wildman–Crippen LogP) is 2.02. The number of aromatic nitrogens is 1. The van der Waals surface area contributed by atoms with Gasteiger partial charge >= 0.3 is 0 Å². The summed E-state index contributed by atoms with van der Waals surface area (Å²) in [5.74, 6) is -2.56. The molecule has 0 unspecified atom stereocenters. The van der Waals surface area contributed by atoms with E-state index in [9.17, 15) is 8.78 Å². The van der Waals surface area contributed by atoms with E-state index < -0.39 is 11.3 Å². The summed E-state index contributed by atoms with van der Waals surface area (Å²) in [5, 5.41) is 0. The van der Waals surface area contributed by atoms with Gasteiger partial charge in [-0.1, -0.05) is 6.07 Å². The van der Waals surface area contributed by atoms with Gasteiger partial charge in [0.25, 0.3) is 0 Å². The standard InChI is InChI=1S/C11H14F2N2/c1-8-3-2-4-9(15-8)10(7-14)5-11(12,13)6-10/h2-4H,5-7,14H2,1H3. The number of hydrogen-bond donors (Lipinski definition) is 1. The summed E-state index contributed by atoms with van der Waals surface area (Å²) in [7, 11) is 0. The lowest BCUT2D eigenvalue weighted by Crippen LogP contribution is -2.54. The summed E-state index contributed by atoms with van der Waals surface area (Å²) in [6.45, 7) is 2.09. The van der Waals surface area contributed by atoms with Gasteiger partial charge in [-0.05, 0) is 19.1 Å². The maximum Gasteiger partial charge on any atom is 0.250 e. The van der Waals surface area contributed by atoms with E-state index in [1.165, 1.54) is 0 Å². The van der Waals surface area contributed by atoms with E-state index in [1.54, 1.807) is 6.07 Å². The van der Waals surface area contributed by atoms with Crippen LogP contribution >= 0.6 is 0 Å². The molecular formula is C11H14F2N2. The normalized spacial score (nSPS) is 22.1. The van der Waals surface area contributed by atoms with Crippen LogP contribution in [0.1, 0.15) is 24.2 Å². The van der Waals surface area contributed by atoms with Crippen molar-refractivity contribution in [1.29, 1.82) is 0 Å². The van der Waals surface area contributed by atoms with Gasteiger partial charge < -0.3 is 5.73 Å². The molecule has 0 atom stereocenters. The van der Waals surface area contributed by atoms with Gasteiger partial charge in [0, 0.05) is 36.2 Å². The van der Waals surface area contributed by atoms with Gasteiger partial charge in [0.15, 0.2) is 0 Å². The molecule has 0 radical (unpaired) electrons. The molecule has 2 rings (SSSR count). The molecule has 1 aliphatic rings. The summed E-state index contributed by atoms with van der Waals surface area (Å²) in [5.41, 5.74) is 6.54. The van der Waals surface area contributed by atoms with Crippen LogP contribution in [0, 0.1) is 6.92 Å². The third kappa shape index (κ3) is 1.74. The minimum atomic E-state index is -2.56. The van der Waals surface area contributed by atoms with Crippen molar-refractivity contribution in [3.05, 3.63) is 29.6 Å². The Morgan fingerprint density at radius 3 is 2.53 bits per heavy atom.